The van der Waals surface area contributed by atoms with Crippen molar-refractivity contribution in [3.63, 3.8) is 0 Å². The second-order valence-corrected chi connectivity index (χ2v) is 8.37. The van der Waals surface area contributed by atoms with Crippen molar-refractivity contribution in [3.8, 4) is 0 Å². The van der Waals surface area contributed by atoms with Gasteiger partial charge in [0.2, 0.25) is 9.84 Å². The fourth-order valence-electron chi connectivity index (χ4n) is 1.77. The molecule has 1 aromatic carbocycles. The number of hydrogen-bond donors (Lipinski definition) is 1. The van der Waals surface area contributed by atoms with E-state index >= 15 is 0 Å². The van der Waals surface area contributed by atoms with Gasteiger partial charge in [0.05, 0.1) is 15.6 Å². The Morgan fingerprint density at radius 2 is 1.94 bits per heavy atom. The standard InChI is InChI=1S/C11H13NO4S2/c1-2-17(13,14)7-8-6-9-10(12)4-3-5-11(9)18(8,15)16/h3-6H,2,7,12H2,1H3. The molecule has 1 aliphatic heterocycles. The summed E-state index contributed by atoms with van der Waals surface area (Å²) in [5, 5.41) is 0. The number of nitrogens with two attached hydrogens (primary N) is 1. The highest BCUT2D eigenvalue weighted by Crippen LogP contribution is 2.36. The van der Waals surface area contributed by atoms with Crippen LogP contribution in [-0.2, 0) is 19.7 Å². The van der Waals surface area contributed by atoms with E-state index in [1.807, 2.05) is 0 Å². The molecule has 0 aromatic heterocycles. The third kappa shape index (κ3) is 2.04. The maximum Gasteiger partial charge on any atom is 0.204 e. The first kappa shape index (κ1) is 13.1. The molecule has 7 heteroatoms. The van der Waals surface area contributed by atoms with Crippen molar-refractivity contribution in [2.75, 3.05) is 17.2 Å². The van der Waals surface area contributed by atoms with Crippen LogP contribution >= 0.6 is 0 Å². The second kappa shape index (κ2) is 4.10. The Hall–Kier alpha value is -1.34. The molecule has 0 bridgehead atoms. The van der Waals surface area contributed by atoms with Crippen LogP contribution in [0.5, 0.6) is 0 Å². The molecule has 0 atom stereocenters. The summed E-state index contributed by atoms with van der Waals surface area (Å²) in [5.74, 6) is -0.564. The van der Waals surface area contributed by atoms with Gasteiger partial charge < -0.3 is 5.73 Å². The third-order valence-electron chi connectivity index (χ3n) is 2.84. The SMILES string of the molecule is CCS(=O)(=O)CC1=Cc2c(N)cccc2S1(=O)=O. The van der Waals surface area contributed by atoms with Gasteiger partial charge in [0.15, 0.2) is 9.84 Å². The average Bonchev–Trinajstić information content (AvgIpc) is 2.53. The number of hydrogen-bond acceptors (Lipinski definition) is 5. The van der Waals surface area contributed by atoms with E-state index in [1.165, 1.54) is 25.1 Å². The Kier molecular flexibility index (Phi) is 2.98. The summed E-state index contributed by atoms with van der Waals surface area (Å²) in [6.07, 6.45) is 1.35. The lowest BCUT2D eigenvalue weighted by atomic mass is 10.2. The molecule has 18 heavy (non-hydrogen) atoms. The Morgan fingerprint density at radius 1 is 1.28 bits per heavy atom. The molecule has 2 rings (SSSR count). The van der Waals surface area contributed by atoms with E-state index in [-0.39, 0.29) is 15.6 Å². The van der Waals surface area contributed by atoms with E-state index < -0.39 is 25.4 Å². The molecule has 98 valence electrons. The third-order valence-corrected chi connectivity index (χ3v) is 6.54. The average molecular weight is 287 g/mol. The summed E-state index contributed by atoms with van der Waals surface area (Å²) < 4.78 is 47.4. The number of nitrogen functional groups attached to an aromatic ring is 1. The highest BCUT2D eigenvalue weighted by atomic mass is 32.2. The molecule has 2 N–H and O–H groups in total. The van der Waals surface area contributed by atoms with Crippen molar-refractivity contribution >= 4 is 31.4 Å². The van der Waals surface area contributed by atoms with Crippen LogP contribution in [0, 0.1) is 0 Å². The van der Waals surface area contributed by atoms with Crippen LogP contribution in [0.3, 0.4) is 0 Å². The monoisotopic (exact) mass is 287 g/mol. The van der Waals surface area contributed by atoms with E-state index in [0.717, 1.165) is 0 Å². The summed E-state index contributed by atoms with van der Waals surface area (Å²) in [6.45, 7) is 1.49. The van der Waals surface area contributed by atoms with E-state index in [0.29, 0.717) is 11.3 Å². The van der Waals surface area contributed by atoms with Crippen LogP contribution in [-0.4, -0.2) is 28.3 Å². The first-order valence-electron chi connectivity index (χ1n) is 5.32. The van der Waals surface area contributed by atoms with Gasteiger partial charge in [0, 0.05) is 17.0 Å². The highest BCUT2D eigenvalue weighted by Gasteiger charge is 2.32. The fourth-order valence-corrected chi connectivity index (χ4v) is 4.93. The molecule has 0 saturated heterocycles. The van der Waals surface area contributed by atoms with Gasteiger partial charge in [-0.2, -0.15) is 0 Å². The number of sulfone groups is 2. The molecule has 0 aliphatic carbocycles. The van der Waals surface area contributed by atoms with Crippen LogP contribution in [0.1, 0.15) is 12.5 Å². The van der Waals surface area contributed by atoms with Gasteiger partial charge in [-0.1, -0.05) is 13.0 Å². The minimum Gasteiger partial charge on any atom is -0.398 e. The summed E-state index contributed by atoms with van der Waals surface area (Å²) in [4.78, 5) is -0.0129. The molecular formula is C11H13NO4S2. The summed E-state index contributed by atoms with van der Waals surface area (Å²) in [7, 11) is -7.10. The molecule has 1 heterocycles. The molecule has 1 aliphatic rings. The Bertz CT molecular complexity index is 730. The molecule has 1 aromatic rings. The molecule has 0 fully saturated rings. The lowest BCUT2D eigenvalue weighted by molar-refractivity contribution is 0.594. The van der Waals surface area contributed by atoms with E-state index in [2.05, 4.69) is 0 Å². The number of fused-ring (bicyclic) bond motifs is 1. The zero-order chi connectivity index (χ0) is 13.6. The predicted molar refractivity (Wildman–Crippen MR) is 70.3 cm³/mol. The minimum absolute atomic E-state index is 0.0869. The zero-order valence-corrected chi connectivity index (χ0v) is 11.4. The van der Waals surface area contributed by atoms with Crippen LogP contribution in [0.4, 0.5) is 5.69 Å². The van der Waals surface area contributed by atoms with Crippen molar-refractivity contribution in [1.29, 1.82) is 0 Å². The summed E-state index contributed by atoms with van der Waals surface area (Å²) in [6, 6.07) is 4.56. The van der Waals surface area contributed by atoms with Crippen LogP contribution in [0.15, 0.2) is 28.0 Å². The summed E-state index contributed by atoms with van der Waals surface area (Å²) in [5.41, 5.74) is 6.41. The lowest BCUT2D eigenvalue weighted by Gasteiger charge is -2.04. The van der Waals surface area contributed by atoms with Crippen molar-refractivity contribution in [3.05, 3.63) is 28.7 Å². The molecular weight excluding hydrogens is 274 g/mol. The Morgan fingerprint density at radius 3 is 2.50 bits per heavy atom. The number of rotatable bonds is 3. The van der Waals surface area contributed by atoms with Gasteiger partial charge in [-0.25, -0.2) is 16.8 Å². The van der Waals surface area contributed by atoms with E-state index in [9.17, 15) is 16.8 Å². The van der Waals surface area contributed by atoms with E-state index in [4.69, 9.17) is 5.73 Å². The van der Waals surface area contributed by atoms with Gasteiger partial charge >= 0.3 is 0 Å². The minimum atomic E-state index is -3.71. The smallest absolute Gasteiger partial charge is 0.204 e. The first-order valence-corrected chi connectivity index (χ1v) is 8.63. The molecule has 0 unspecified atom stereocenters. The second-order valence-electron chi connectivity index (χ2n) is 4.05. The van der Waals surface area contributed by atoms with E-state index in [1.54, 1.807) is 6.07 Å². The van der Waals surface area contributed by atoms with Gasteiger partial charge in [-0.3, -0.25) is 0 Å². The van der Waals surface area contributed by atoms with Gasteiger partial charge in [0.1, 0.15) is 0 Å². The number of benzene rings is 1. The maximum absolute atomic E-state index is 12.1. The van der Waals surface area contributed by atoms with Gasteiger partial charge in [-0.15, -0.1) is 0 Å². The van der Waals surface area contributed by atoms with Crippen LogP contribution in [0.2, 0.25) is 0 Å². The maximum atomic E-state index is 12.1. The highest BCUT2D eigenvalue weighted by molar-refractivity contribution is 7.98. The molecule has 0 amide bonds. The van der Waals surface area contributed by atoms with Crippen LogP contribution < -0.4 is 5.73 Å². The molecule has 0 radical (unpaired) electrons. The fraction of sp³-hybridized carbons (Fsp3) is 0.273. The van der Waals surface area contributed by atoms with Crippen molar-refractivity contribution in [2.24, 2.45) is 0 Å². The molecule has 5 nitrogen and oxygen atoms in total. The largest absolute Gasteiger partial charge is 0.398 e. The van der Waals surface area contributed by atoms with Gasteiger partial charge in [-0.05, 0) is 18.2 Å². The molecule has 0 saturated carbocycles. The lowest BCUT2D eigenvalue weighted by Crippen LogP contribution is -2.14. The van der Waals surface area contributed by atoms with Crippen molar-refractivity contribution < 1.29 is 16.8 Å². The number of anilines is 1. The van der Waals surface area contributed by atoms with Crippen molar-refractivity contribution in [1.82, 2.24) is 0 Å². The van der Waals surface area contributed by atoms with Gasteiger partial charge in [0.25, 0.3) is 0 Å². The Labute approximate surface area is 106 Å². The van der Waals surface area contributed by atoms with Crippen molar-refractivity contribution in [2.45, 2.75) is 11.8 Å². The normalized spacial score (nSPS) is 17.3. The zero-order valence-electron chi connectivity index (χ0n) is 9.75. The predicted octanol–water partition coefficient (Wildman–Crippen LogP) is 0.832. The summed E-state index contributed by atoms with van der Waals surface area (Å²) >= 11 is 0. The topological polar surface area (TPSA) is 94.3 Å². The van der Waals surface area contributed by atoms with Crippen LogP contribution in [0.25, 0.3) is 6.08 Å². The first-order chi connectivity index (χ1) is 8.28. The molecule has 0 spiro atoms. The quantitative estimate of drug-likeness (QED) is 0.831. The Balaban J connectivity index is 2.56.